The van der Waals surface area contributed by atoms with Crippen molar-refractivity contribution >= 4 is 40.9 Å². The van der Waals surface area contributed by atoms with Gasteiger partial charge in [-0.05, 0) is 78.1 Å². The molecule has 0 saturated carbocycles. The number of nitrogens with one attached hydrogen (secondary N) is 2. The zero-order chi connectivity index (χ0) is 27.7. The molecule has 2 aliphatic heterocycles. The van der Waals surface area contributed by atoms with Gasteiger partial charge >= 0.3 is 6.09 Å². The molecule has 3 atom stereocenters. The highest BCUT2D eigenvalue weighted by molar-refractivity contribution is 6.34. The van der Waals surface area contributed by atoms with Gasteiger partial charge in [0.05, 0.1) is 40.7 Å². The number of halogens is 1. The Morgan fingerprint density at radius 3 is 2.74 bits per heavy atom. The van der Waals surface area contributed by atoms with Crippen LogP contribution in [-0.4, -0.2) is 52.2 Å². The van der Waals surface area contributed by atoms with Gasteiger partial charge in [0.1, 0.15) is 5.60 Å². The number of nitrogens with zero attached hydrogens (tertiary/aromatic N) is 3. The Kier molecular flexibility index (Phi) is 7.99. The molecule has 0 radical (unpaired) electrons. The highest BCUT2D eigenvalue weighted by atomic mass is 35.5. The van der Waals surface area contributed by atoms with Gasteiger partial charge in [-0.3, -0.25) is 14.7 Å². The predicted octanol–water partition coefficient (Wildman–Crippen LogP) is 5.68. The number of guanidine groups is 1. The lowest BCUT2D eigenvalue weighted by molar-refractivity contribution is -0.134. The molecule has 2 aromatic rings. The molecule has 2 aliphatic rings. The van der Waals surface area contributed by atoms with Gasteiger partial charge in [0.2, 0.25) is 11.9 Å². The Balaban J connectivity index is 1.69. The fraction of sp³-hybridized carbons (Fsp3) is 0.500. The zero-order valence-corrected chi connectivity index (χ0v) is 23.6. The summed E-state index contributed by atoms with van der Waals surface area (Å²) in [5.74, 6) is 0.0130. The van der Waals surface area contributed by atoms with E-state index in [1.165, 1.54) is 0 Å². The molecule has 1 aromatic heterocycles. The molecule has 2 saturated heterocycles. The van der Waals surface area contributed by atoms with Crippen molar-refractivity contribution in [2.75, 3.05) is 11.9 Å². The van der Waals surface area contributed by atoms with E-state index < -0.39 is 17.2 Å². The van der Waals surface area contributed by atoms with Crippen LogP contribution in [0.15, 0.2) is 41.5 Å². The number of pyridine rings is 1. The molecule has 3 heterocycles. The summed E-state index contributed by atoms with van der Waals surface area (Å²) in [6.45, 7) is 11.6. The molecule has 0 aliphatic carbocycles. The van der Waals surface area contributed by atoms with Gasteiger partial charge in [-0.2, -0.15) is 0 Å². The molecular weight excluding hydrogens is 506 g/mol. The van der Waals surface area contributed by atoms with Crippen LogP contribution < -0.4 is 10.6 Å². The van der Waals surface area contributed by atoms with Gasteiger partial charge in [0.25, 0.3) is 0 Å². The number of rotatable bonds is 4. The van der Waals surface area contributed by atoms with Crippen molar-refractivity contribution in [1.29, 1.82) is 0 Å². The SMILES string of the molecule is Cc1ccc(Nc2cccc([C@]3(C)CC(=O)N(C4CCO[C@H](C)C4)/C(=N/C(=O)OC(C)(C)C)N3)c2Cl)cn1. The Morgan fingerprint density at radius 1 is 1.32 bits per heavy atom. The van der Waals surface area contributed by atoms with Crippen LogP contribution in [0, 0.1) is 6.92 Å². The first-order chi connectivity index (χ1) is 17.8. The molecule has 2 N–H and O–H groups in total. The average molecular weight is 542 g/mol. The highest BCUT2D eigenvalue weighted by Crippen LogP contribution is 2.39. The lowest BCUT2D eigenvalue weighted by Crippen LogP contribution is -2.63. The van der Waals surface area contributed by atoms with E-state index in [2.05, 4.69) is 20.6 Å². The number of aromatic nitrogens is 1. The van der Waals surface area contributed by atoms with Crippen molar-refractivity contribution in [2.45, 2.75) is 84.1 Å². The molecule has 4 rings (SSSR count). The van der Waals surface area contributed by atoms with E-state index in [0.29, 0.717) is 35.7 Å². The summed E-state index contributed by atoms with van der Waals surface area (Å²) in [5, 5.41) is 7.15. The Bertz CT molecular complexity index is 1230. The summed E-state index contributed by atoms with van der Waals surface area (Å²) in [6.07, 6.45) is 2.37. The number of carbonyl (C=O) groups excluding carboxylic acids is 2. The Hall–Kier alpha value is -3.17. The van der Waals surface area contributed by atoms with Gasteiger partial charge in [-0.1, -0.05) is 23.7 Å². The molecule has 1 aromatic carbocycles. The monoisotopic (exact) mass is 541 g/mol. The van der Waals surface area contributed by atoms with E-state index in [1.807, 2.05) is 51.1 Å². The second-order valence-corrected chi connectivity index (χ2v) is 11.5. The Morgan fingerprint density at radius 2 is 2.08 bits per heavy atom. The van der Waals surface area contributed by atoms with Crippen molar-refractivity contribution in [2.24, 2.45) is 4.99 Å². The van der Waals surface area contributed by atoms with E-state index >= 15 is 0 Å². The van der Waals surface area contributed by atoms with Crippen molar-refractivity contribution in [3.8, 4) is 0 Å². The molecule has 38 heavy (non-hydrogen) atoms. The first-order valence-electron chi connectivity index (χ1n) is 12.9. The van der Waals surface area contributed by atoms with Gasteiger partial charge in [0, 0.05) is 18.3 Å². The lowest BCUT2D eigenvalue weighted by Gasteiger charge is -2.46. The summed E-state index contributed by atoms with van der Waals surface area (Å²) in [6, 6.07) is 9.30. The molecule has 9 nitrogen and oxygen atoms in total. The lowest BCUT2D eigenvalue weighted by atomic mass is 9.85. The maximum Gasteiger partial charge on any atom is 0.437 e. The van der Waals surface area contributed by atoms with Crippen LogP contribution in [-0.2, 0) is 19.8 Å². The number of aryl methyl sites for hydroxylation is 1. The van der Waals surface area contributed by atoms with Crippen LogP contribution in [0.2, 0.25) is 5.02 Å². The number of hydrogen-bond acceptors (Lipinski definition) is 6. The third-order valence-electron chi connectivity index (χ3n) is 6.59. The predicted molar refractivity (Wildman–Crippen MR) is 148 cm³/mol. The fourth-order valence-corrected chi connectivity index (χ4v) is 5.19. The highest BCUT2D eigenvalue weighted by Gasteiger charge is 2.45. The van der Waals surface area contributed by atoms with Gasteiger partial charge in [-0.15, -0.1) is 4.99 Å². The maximum absolute atomic E-state index is 13.7. The number of hydrogen-bond donors (Lipinski definition) is 2. The minimum absolute atomic E-state index is 0.00824. The smallest absolute Gasteiger partial charge is 0.437 e. The molecule has 10 heteroatoms. The number of ether oxygens (including phenoxy) is 2. The summed E-state index contributed by atoms with van der Waals surface area (Å²) < 4.78 is 11.1. The molecule has 2 fully saturated rings. The average Bonchev–Trinajstić information content (AvgIpc) is 2.80. The van der Waals surface area contributed by atoms with E-state index in [-0.39, 0.29) is 30.4 Å². The normalized spacial score (nSPS) is 25.2. The molecule has 204 valence electrons. The van der Waals surface area contributed by atoms with Crippen molar-refractivity contribution in [3.05, 3.63) is 52.8 Å². The number of aliphatic imine (C=N–C) groups is 1. The second kappa shape index (κ2) is 10.9. The van der Waals surface area contributed by atoms with Crippen molar-refractivity contribution < 1.29 is 19.1 Å². The molecule has 0 spiro atoms. The van der Waals surface area contributed by atoms with Crippen molar-refractivity contribution in [3.63, 3.8) is 0 Å². The summed E-state index contributed by atoms with van der Waals surface area (Å²) in [7, 11) is 0. The first kappa shape index (κ1) is 27.9. The van der Waals surface area contributed by atoms with Crippen LogP contribution in [0.25, 0.3) is 0 Å². The van der Waals surface area contributed by atoms with E-state index in [9.17, 15) is 9.59 Å². The molecule has 2 amide bonds. The van der Waals surface area contributed by atoms with Crippen LogP contribution in [0.5, 0.6) is 0 Å². The molecule has 1 unspecified atom stereocenters. The first-order valence-corrected chi connectivity index (χ1v) is 13.2. The summed E-state index contributed by atoms with van der Waals surface area (Å²) in [4.78, 5) is 36.7. The van der Waals surface area contributed by atoms with Crippen LogP contribution in [0.3, 0.4) is 0 Å². The molecule has 0 bridgehead atoms. The largest absolute Gasteiger partial charge is 0.442 e. The minimum Gasteiger partial charge on any atom is -0.442 e. The third-order valence-corrected chi connectivity index (χ3v) is 6.99. The zero-order valence-electron chi connectivity index (χ0n) is 22.8. The standard InChI is InChI=1S/C28H36ClN5O4/c1-17-10-11-19(16-30-17)31-22-9-7-8-21(24(22)29)28(6)15-23(35)34(20-12-13-37-18(2)14-20)25(33-28)32-26(36)38-27(3,4)5/h7-11,16,18,20,31H,12-15H2,1-6H3,(H,32,33,36)/t18-,20?,28+/m1/s1. The van der Waals surface area contributed by atoms with Crippen LogP contribution in [0.1, 0.15) is 65.1 Å². The second-order valence-electron chi connectivity index (χ2n) is 11.2. The minimum atomic E-state index is -0.925. The van der Waals surface area contributed by atoms with Gasteiger partial charge < -0.3 is 20.1 Å². The number of anilines is 2. The van der Waals surface area contributed by atoms with E-state index in [0.717, 1.165) is 11.4 Å². The summed E-state index contributed by atoms with van der Waals surface area (Å²) >= 11 is 6.91. The quantitative estimate of drug-likeness (QED) is 0.512. The number of carbonyl (C=O) groups is 2. The van der Waals surface area contributed by atoms with Gasteiger partial charge in [-0.25, -0.2) is 4.79 Å². The van der Waals surface area contributed by atoms with Gasteiger partial charge in [0.15, 0.2) is 0 Å². The molecular formula is C28H36ClN5O4. The maximum atomic E-state index is 13.7. The van der Waals surface area contributed by atoms with Crippen LogP contribution in [0.4, 0.5) is 16.2 Å². The summed E-state index contributed by atoms with van der Waals surface area (Å²) in [5.41, 5.74) is 1.43. The topological polar surface area (TPSA) is 105 Å². The number of benzene rings is 1. The fourth-order valence-electron chi connectivity index (χ4n) is 4.81. The van der Waals surface area contributed by atoms with Crippen molar-refractivity contribution in [1.82, 2.24) is 15.2 Å². The Labute approximate surface area is 229 Å². The van der Waals surface area contributed by atoms with E-state index in [4.69, 9.17) is 21.1 Å². The number of amides is 2. The van der Waals surface area contributed by atoms with E-state index in [1.54, 1.807) is 31.9 Å². The van der Waals surface area contributed by atoms with Crippen LogP contribution >= 0.6 is 11.6 Å². The third kappa shape index (κ3) is 6.45.